The van der Waals surface area contributed by atoms with Gasteiger partial charge in [0.2, 0.25) is 0 Å². The molecular formula is C5H6S2. The highest BCUT2D eigenvalue weighted by Gasteiger charge is 1.78. The predicted octanol–water partition coefficient (Wildman–Crippen LogP) is 1.70. The fraction of sp³-hybridized carbons (Fsp3) is 0.400. The molecule has 7 heavy (non-hydrogen) atoms. The van der Waals surface area contributed by atoms with Gasteiger partial charge in [0.15, 0.2) is 0 Å². The lowest BCUT2D eigenvalue weighted by Crippen LogP contribution is -1.74. The first kappa shape index (κ1) is 7.00. The average Bonchev–Trinajstić information content (AvgIpc) is 1.68. The fourth-order valence-corrected chi connectivity index (χ4v) is 0.459. The average molecular weight is 130 g/mol. The van der Waals surface area contributed by atoms with Crippen molar-refractivity contribution in [2.75, 3.05) is 6.26 Å². The largest absolute Gasteiger partial charge is 0.120 e. The lowest BCUT2D eigenvalue weighted by Gasteiger charge is -1.78. The molecule has 0 radical (unpaired) electrons. The topological polar surface area (TPSA) is 0 Å². The fourth-order valence-electron chi connectivity index (χ4n) is 0.153. The molecular weight excluding hydrogens is 124 g/mol. The Morgan fingerprint density at radius 1 is 1.71 bits per heavy atom. The minimum absolute atomic E-state index is 0.766. The van der Waals surface area contributed by atoms with Gasteiger partial charge < -0.3 is 0 Å². The molecule has 0 rings (SSSR count). The number of hydrogen-bond acceptors (Lipinski definition) is 2. The Bertz CT molecular complexity index is 116. The summed E-state index contributed by atoms with van der Waals surface area (Å²) in [6, 6.07) is 0. The second-order valence-electron chi connectivity index (χ2n) is 0.867. The molecule has 38 valence electrons. The Kier molecular flexibility index (Phi) is 4.17. The molecule has 0 aliphatic carbocycles. The number of rotatable bonds is 0. The molecule has 0 bridgehead atoms. The molecule has 0 atom stereocenters. The number of thioether (sulfide) groups is 1. The molecule has 0 aromatic rings. The van der Waals surface area contributed by atoms with Gasteiger partial charge in [0.1, 0.15) is 4.20 Å². The van der Waals surface area contributed by atoms with Crippen LogP contribution in [0.15, 0.2) is 0 Å². The van der Waals surface area contributed by atoms with E-state index >= 15 is 0 Å². The summed E-state index contributed by atoms with van der Waals surface area (Å²) in [5, 5.41) is 0. The van der Waals surface area contributed by atoms with Crippen LogP contribution in [0.3, 0.4) is 0 Å². The Morgan fingerprint density at radius 2 is 2.29 bits per heavy atom. The van der Waals surface area contributed by atoms with Gasteiger partial charge in [-0.1, -0.05) is 18.1 Å². The van der Waals surface area contributed by atoms with Gasteiger partial charge >= 0.3 is 0 Å². The Hall–Kier alpha value is -0.000000000000000111. The van der Waals surface area contributed by atoms with E-state index in [0.29, 0.717) is 0 Å². The number of thiocarbonyl (C=S) groups is 1. The summed E-state index contributed by atoms with van der Waals surface area (Å²) in [5.74, 6) is 5.45. The first-order valence-corrected chi connectivity index (χ1v) is 3.45. The van der Waals surface area contributed by atoms with E-state index in [1.807, 2.05) is 6.26 Å². The zero-order chi connectivity index (χ0) is 5.70. The molecule has 0 saturated heterocycles. The van der Waals surface area contributed by atoms with Crippen molar-refractivity contribution < 1.29 is 0 Å². The first-order valence-electron chi connectivity index (χ1n) is 1.82. The second-order valence-corrected chi connectivity index (χ2v) is 2.35. The van der Waals surface area contributed by atoms with Gasteiger partial charge in [0.25, 0.3) is 0 Å². The van der Waals surface area contributed by atoms with E-state index in [9.17, 15) is 0 Å². The third-order valence-electron chi connectivity index (χ3n) is 0.412. The molecule has 0 heterocycles. The molecule has 0 unspecified atom stereocenters. The molecule has 0 aromatic heterocycles. The first-order chi connectivity index (χ1) is 3.31. The molecule has 0 N–H and O–H groups in total. The Balaban J connectivity index is 3.52. The minimum atomic E-state index is 0.766. The summed E-state index contributed by atoms with van der Waals surface area (Å²) in [6.45, 7) is 1.78. The van der Waals surface area contributed by atoms with Crippen LogP contribution in [0.5, 0.6) is 0 Å². The van der Waals surface area contributed by atoms with Crippen LogP contribution in [0.25, 0.3) is 0 Å². The van der Waals surface area contributed by atoms with Gasteiger partial charge in [-0.15, -0.1) is 11.8 Å². The van der Waals surface area contributed by atoms with Crippen LogP contribution in [-0.4, -0.2) is 10.5 Å². The molecule has 0 aromatic carbocycles. The quantitative estimate of drug-likeness (QED) is 0.361. The SMILES string of the molecule is CC#CC(=S)SC. The lowest BCUT2D eigenvalue weighted by molar-refractivity contribution is 1.93. The highest BCUT2D eigenvalue weighted by molar-refractivity contribution is 8.23. The Labute approximate surface area is 53.7 Å². The van der Waals surface area contributed by atoms with E-state index in [1.165, 1.54) is 11.8 Å². The van der Waals surface area contributed by atoms with Gasteiger partial charge in [-0.25, -0.2) is 0 Å². The van der Waals surface area contributed by atoms with E-state index in [1.54, 1.807) is 6.92 Å². The van der Waals surface area contributed by atoms with Crippen molar-refractivity contribution in [3.05, 3.63) is 0 Å². The molecule has 0 fully saturated rings. The molecule has 0 nitrogen and oxygen atoms in total. The van der Waals surface area contributed by atoms with Gasteiger partial charge in [-0.3, -0.25) is 0 Å². The van der Waals surface area contributed by atoms with Crippen LogP contribution in [0.4, 0.5) is 0 Å². The summed E-state index contributed by atoms with van der Waals surface area (Å²) in [5.41, 5.74) is 0. The summed E-state index contributed by atoms with van der Waals surface area (Å²) in [7, 11) is 0. The van der Waals surface area contributed by atoms with Crippen LogP contribution in [0.2, 0.25) is 0 Å². The summed E-state index contributed by atoms with van der Waals surface area (Å²) in [4.78, 5) is 0. The standard InChI is InChI=1S/C5H6S2/c1-3-4-5(6)7-2/h1-2H3. The van der Waals surface area contributed by atoms with Crippen LogP contribution >= 0.6 is 24.0 Å². The van der Waals surface area contributed by atoms with Gasteiger partial charge in [-0.05, 0) is 19.1 Å². The van der Waals surface area contributed by atoms with E-state index in [4.69, 9.17) is 12.2 Å². The second kappa shape index (κ2) is 4.17. The third kappa shape index (κ3) is 3.84. The van der Waals surface area contributed by atoms with Gasteiger partial charge in [0, 0.05) is 0 Å². The maximum atomic E-state index is 4.74. The summed E-state index contributed by atoms with van der Waals surface area (Å²) in [6.07, 6.45) is 1.92. The van der Waals surface area contributed by atoms with Crippen molar-refractivity contribution in [1.82, 2.24) is 0 Å². The third-order valence-corrected chi connectivity index (χ3v) is 1.49. The molecule has 0 spiro atoms. The zero-order valence-electron chi connectivity index (χ0n) is 4.32. The number of hydrogen-bond donors (Lipinski definition) is 0. The van der Waals surface area contributed by atoms with Crippen molar-refractivity contribution >= 4 is 28.2 Å². The predicted molar refractivity (Wildman–Crippen MR) is 39.6 cm³/mol. The highest BCUT2D eigenvalue weighted by atomic mass is 32.2. The van der Waals surface area contributed by atoms with E-state index in [2.05, 4.69) is 11.8 Å². The summed E-state index contributed by atoms with van der Waals surface area (Å²) >= 11 is 6.25. The van der Waals surface area contributed by atoms with Crippen molar-refractivity contribution in [3.63, 3.8) is 0 Å². The molecule has 0 aliphatic rings. The van der Waals surface area contributed by atoms with E-state index in [-0.39, 0.29) is 0 Å². The van der Waals surface area contributed by atoms with Gasteiger partial charge in [0.05, 0.1) is 0 Å². The van der Waals surface area contributed by atoms with Crippen LogP contribution in [0.1, 0.15) is 6.92 Å². The smallest absolute Gasteiger partial charge is 0.109 e. The lowest BCUT2D eigenvalue weighted by atomic mass is 10.7. The maximum absolute atomic E-state index is 4.74. The summed E-state index contributed by atoms with van der Waals surface area (Å²) < 4.78 is 0.766. The van der Waals surface area contributed by atoms with Crippen LogP contribution < -0.4 is 0 Å². The Morgan fingerprint density at radius 3 is 2.43 bits per heavy atom. The maximum Gasteiger partial charge on any atom is 0.120 e. The van der Waals surface area contributed by atoms with E-state index < -0.39 is 0 Å². The molecule has 0 amide bonds. The highest BCUT2D eigenvalue weighted by Crippen LogP contribution is 1.93. The van der Waals surface area contributed by atoms with Crippen molar-refractivity contribution in [2.24, 2.45) is 0 Å². The van der Waals surface area contributed by atoms with Crippen molar-refractivity contribution in [3.8, 4) is 11.8 Å². The van der Waals surface area contributed by atoms with Gasteiger partial charge in [-0.2, -0.15) is 0 Å². The van der Waals surface area contributed by atoms with Crippen LogP contribution in [-0.2, 0) is 0 Å². The molecule has 2 heteroatoms. The van der Waals surface area contributed by atoms with Crippen LogP contribution in [0, 0.1) is 11.8 Å². The van der Waals surface area contributed by atoms with Crippen molar-refractivity contribution in [2.45, 2.75) is 6.92 Å². The monoisotopic (exact) mass is 130 g/mol. The van der Waals surface area contributed by atoms with E-state index in [0.717, 1.165) is 4.20 Å². The molecule has 0 aliphatic heterocycles. The normalized spacial score (nSPS) is 6.57. The molecule has 0 saturated carbocycles. The zero-order valence-corrected chi connectivity index (χ0v) is 5.95. The minimum Gasteiger partial charge on any atom is -0.109 e. The van der Waals surface area contributed by atoms with Crippen molar-refractivity contribution in [1.29, 1.82) is 0 Å².